The van der Waals surface area contributed by atoms with Crippen molar-refractivity contribution in [1.29, 1.82) is 0 Å². The fourth-order valence-corrected chi connectivity index (χ4v) is 19.1. The standard InChI is InChI=1S/C49H39NO2.C36H33NO.C13H8O2.C4H6O2.C2H4O/c1-47(2)38-17-11-9-15-31(38)33-20-19-30(25-40(33)47)50-43-27-41-35(32-16-10-12-18-39(32)48(41,3)4)26-42(43)49(5,6)44(50)22-21-34-45(51)36-23-28-13-7-8-14-29(28)24-37(36)46(34)52;1-34(2)27-13-9-7-11-23(27)25-16-15-22(19-29(25)34)37-32-21-30-26(20-31(32)36(5,6)33(37)17-18-38)24-12-8-10-14-28(24)35(30,3)4;14-12-7-13(15)11-6-9-4-2-1-3-8(9)5-10(11)12;1-3(5)4(2)6;1-2-3/h7-27H,1-6H3;7-21H,1-6H3;1-6H,7H2;1-2H3;2H,1H3/b44-22+;33-17+;;;. The van der Waals surface area contributed by atoms with Crippen LogP contribution in [0.4, 0.5) is 22.7 Å². The quantitative estimate of drug-likeness (QED) is 0.0537. The molecule has 20 rings (SSSR count). The molecular formula is C104H90N2O8. The molecule has 2 heterocycles. The van der Waals surface area contributed by atoms with Crippen LogP contribution in [0.3, 0.4) is 0 Å². The van der Waals surface area contributed by atoms with Crippen molar-refractivity contribution >= 4 is 91.6 Å². The molecule has 2 aliphatic heterocycles. The van der Waals surface area contributed by atoms with Gasteiger partial charge in [0.25, 0.3) is 0 Å². The van der Waals surface area contributed by atoms with E-state index in [1.807, 2.05) is 78.9 Å². The van der Waals surface area contributed by atoms with E-state index in [1.165, 1.54) is 127 Å². The van der Waals surface area contributed by atoms with E-state index in [2.05, 4.69) is 251 Å². The van der Waals surface area contributed by atoms with Crippen molar-refractivity contribution in [3.63, 3.8) is 0 Å². The van der Waals surface area contributed by atoms with E-state index >= 15 is 0 Å². The predicted octanol–water partition coefficient (Wildman–Crippen LogP) is 23.6. The maximum absolute atomic E-state index is 13.9. The molecule has 6 aliphatic carbocycles. The largest absolute Gasteiger partial charge is 0.313 e. The van der Waals surface area contributed by atoms with Gasteiger partial charge >= 0.3 is 0 Å². The molecule has 12 aromatic carbocycles. The lowest BCUT2D eigenvalue weighted by Gasteiger charge is -2.29. The third kappa shape index (κ3) is 11.6. The summed E-state index contributed by atoms with van der Waals surface area (Å²) in [5.74, 6) is -1.29. The number of nitrogens with zero attached hydrogens (tertiary/aromatic N) is 2. The molecule has 0 spiro atoms. The van der Waals surface area contributed by atoms with Crippen LogP contribution in [0.2, 0.25) is 0 Å². The van der Waals surface area contributed by atoms with Gasteiger partial charge in [-0.05, 0) is 220 Å². The second-order valence-electron chi connectivity index (χ2n) is 34.2. The van der Waals surface area contributed by atoms with Crippen molar-refractivity contribution < 1.29 is 38.4 Å². The molecule has 114 heavy (non-hydrogen) atoms. The summed E-state index contributed by atoms with van der Waals surface area (Å²) in [4.78, 5) is 95.9. The van der Waals surface area contributed by atoms with Crippen LogP contribution >= 0.6 is 0 Å². The normalized spacial score (nSPS) is 17.5. The SMILES string of the molecule is CC(=O)C(C)=O.CC1(C)/C(=C\C=C2C(=O)c3cc4ccccc4cc3C2=O)N(c2ccc3c(c2)C(C)(C)c2ccccc2-3)c2cc3c(cc21)-c1ccccc1C3(C)C.CC1(C)/C(=C\C=O)N(c2ccc3c(c2)C(C)(C)c2ccccc2-3)c2cc3c(cc21)-c1ccccc1C3(C)C.CC=O.O=C1CC(=O)c2cc3ccccc3cc21. The van der Waals surface area contributed by atoms with Crippen LogP contribution in [0, 0.1) is 0 Å². The van der Waals surface area contributed by atoms with E-state index in [1.54, 1.807) is 12.2 Å². The number of hydrogen-bond acceptors (Lipinski definition) is 10. The zero-order valence-corrected chi connectivity index (χ0v) is 67.2. The molecule has 0 saturated carbocycles. The number of hydrogen-bond donors (Lipinski definition) is 0. The molecule has 564 valence electrons. The van der Waals surface area contributed by atoms with E-state index < -0.39 is 5.41 Å². The highest BCUT2D eigenvalue weighted by atomic mass is 16.2. The first-order chi connectivity index (χ1) is 54.3. The Balaban J connectivity index is 0.000000137. The van der Waals surface area contributed by atoms with Crippen LogP contribution < -0.4 is 9.80 Å². The monoisotopic (exact) mass is 1490 g/mol. The van der Waals surface area contributed by atoms with Crippen LogP contribution in [0.5, 0.6) is 0 Å². The summed E-state index contributed by atoms with van der Waals surface area (Å²) in [5, 5.41) is 3.94. The zero-order chi connectivity index (χ0) is 80.8. The summed E-state index contributed by atoms with van der Waals surface area (Å²) in [5.41, 5.74) is 31.3. The Kier molecular flexibility index (Phi) is 18.1. The van der Waals surface area contributed by atoms with E-state index in [9.17, 15) is 33.6 Å². The predicted molar refractivity (Wildman–Crippen MR) is 460 cm³/mol. The smallest absolute Gasteiger partial charge is 0.197 e. The summed E-state index contributed by atoms with van der Waals surface area (Å²) < 4.78 is 0. The lowest BCUT2D eigenvalue weighted by atomic mass is 9.79. The highest BCUT2D eigenvalue weighted by Gasteiger charge is 2.49. The molecule has 0 N–H and O–H groups in total. The molecule has 0 saturated heterocycles. The lowest BCUT2D eigenvalue weighted by molar-refractivity contribution is -0.134. The molecule has 10 nitrogen and oxygen atoms in total. The minimum atomic E-state index is -0.438. The van der Waals surface area contributed by atoms with Gasteiger partial charge < -0.3 is 14.6 Å². The number of fused-ring (bicyclic) bond motifs is 18. The summed E-state index contributed by atoms with van der Waals surface area (Å²) in [7, 11) is 0. The Bertz CT molecular complexity index is 6250. The Morgan fingerprint density at radius 1 is 0.298 bits per heavy atom. The number of Topliss-reactive ketones (excluding diaryl/α,β-unsaturated/α-hetero) is 6. The van der Waals surface area contributed by atoms with Crippen LogP contribution in [-0.4, -0.2) is 47.3 Å². The summed E-state index contributed by atoms with van der Waals surface area (Å²) in [6, 6.07) is 81.4. The van der Waals surface area contributed by atoms with Gasteiger partial charge in [0, 0.05) is 91.4 Å². The van der Waals surface area contributed by atoms with Crippen LogP contribution in [0.15, 0.2) is 266 Å². The van der Waals surface area contributed by atoms with Gasteiger partial charge in [0.15, 0.2) is 34.7 Å². The summed E-state index contributed by atoms with van der Waals surface area (Å²) in [6.07, 6.45) is 7.30. The van der Waals surface area contributed by atoms with Crippen LogP contribution in [0.25, 0.3) is 66.1 Å². The van der Waals surface area contributed by atoms with Crippen molar-refractivity contribution in [1.82, 2.24) is 0 Å². The third-order valence-electron chi connectivity index (χ3n) is 25.4. The zero-order valence-electron chi connectivity index (χ0n) is 67.2. The maximum atomic E-state index is 13.9. The average molecular weight is 1500 g/mol. The Morgan fingerprint density at radius 2 is 0.588 bits per heavy atom. The van der Waals surface area contributed by atoms with Gasteiger partial charge in [-0.2, -0.15) is 0 Å². The molecule has 10 heteroatoms. The molecular weight excluding hydrogens is 1410 g/mol. The molecule has 0 bridgehead atoms. The molecule has 0 unspecified atom stereocenters. The molecule has 0 amide bonds. The Labute approximate surface area is 666 Å². The van der Waals surface area contributed by atoms with Gasteiger partial charge in [-0.25, -0.2) is 0 Å². The molecule has 0 radical (unpaired) electrons. The Morgan fingerprint density at radius 3 is 0.921 bits per heavy atom. The Hall–Kier alpha value is -12.7. The highest BCUT2D eigenvalue weighted by Crippen LogP contribution is 2.62. The van der Waals surface area contributed by atoms with E-state index in [0.29, 0.717) is 22.3 Å². The molecule has 0 aromatic heterocycles. The molecule has 0 fully saturated rings. The average Bonchev–Trinajstić information content (AvgIpc) is 1.54. The van der Waals surface area contributed by atoms with Gasteiger partial charge in [-0.3, -0.25) is 33.6 Å². The topological polar surface area (TPSA) is 143 Å². The lowest BCUT2D eigenvalue weighted by Crippen LogP contribution is -2.23. The van der Waals surface area contributed by atoms with Crippen molar-refractivity contribution in [2.75, 3.05) is 9.80 Å². The molecule has 0 atom stereocenters. The van der Waals surface area contributed by atoms with Crippen LogP contribution in [-0.2, 0) is 51.7 Å². The number of rotatable bonds is 5. The summed E-state index contributed by atoms with van der Waals surface area (Å²) in [6.45, 7) is 31.5. The van der Waals surface area contributed by atoms with Crippen molar-refractivity contribution in [3.05, 3.63) is 344 Å². The number of allylic oxidation sites excluding steroid dienone is 6. The van der Waals surface area contributed by atoms with Crippen molar-refractivity contribution in [2.24, 2.45) is 0 Å². The second-order valence-corrected chi connectivity index (χ2v) is 34.2. The minimum Gasteiger partial charge on any atom is -0.313 e. The molecule has 8 aliphatic rings. The fourth-order valence-electron chi connectivity index (χ4n) is 19.1. The number of benzene rings is 12. The number of anilines is 4. The minimum absolute atomic E-state index is 0.0334. The summed E-state index contributed by atoms with van der Waals surface area (Å²) >= 11 is 0. The van der Waals surface area contributed by atoms with E-state index in [-0.39, 0.29) is 73.8 Å². The van der Waals surface area contributed by atoms with Gasteiger partial charge in [0.1, 0.15) is 12.6 Å². The third-order valence-corrected chi connectivity index (χ3v) is 25.4. The van der Waals surface area contributed by atoms with Gasteiger partial charge in [-0.15, -0.1) is 0 Å². The van der Waals surface area contributed by atoms with Gasteiger partial charge in [0.05, 0.1) is 23.4 Å². The first kappa shape index (κ1) is 75.4. The van der Waals surface area contributed by atoms with Gasteiger partial charge in [-0.1, -0.05) is 241 Å². The first-order valence-electron chi connectivity index (χ1n) is 39.2. The van der Waals surface area contributed by atoms with Crippen molar-refractivity contribution in [3.8, 4) is 44.5 Å². The van der Waals surface area contributed by atoms with E-state index in [0.717, 1.165) is 62.6 Å². The second kappa shape index (κ2) is 27.3. The number of aldehydes is 2. The number of carbonyl (C=O) groups is 8. The number of ketones is 6. The van der Waals surface area contributed by atoms with Crippen LogP contribution in [0.1, 0.15) is 207 Å². The van der Waals surface area contributed by atoms with Gasteiger partial charge in [0.2, 0.25) is 0 Å². The first-order valence-corrected chi connectivity index (χ1v) is 39.2. The maximum Gasteiger partial charge on any atom is 0.197 e. The number of carbonyl (C=O) groups excluding carboxylic acids is 8. The van der Waals surface area contributed by atoms with Crippen molar-refractivity contribution in [2.45, 2.75) is 143 Å². The van der Waals surface area contributed by atoms with E-state index in [4.69, 9.17) is 4.79 Å². The highest BCUT2D eigenvalue weighted by molar-refractivity contribution is 6.40. The molecule has 12 aromatic rings. The fraction of sp³-hybridized carbons (Fsp3) is 0.212.